The first-order chi connectivity index (χ1) is 16.6. The zero-order valence-electron chi connectivity index (χ0n) is 18.4. The van der Waals surface area contributed by atoms with Crippen molar-refractivity contribution in [2.24, 2.45) is 11.7 Å². The van der Waals surface area contributed by atoms with Gasteiger partial charge in [-0.15, -0.1) is 0 Å². The summed E-state index contributed by atoms with van der Waals surface area (Å²) in [6.45, 7) is 0. The number of halogens is 5. The Morgan fingerprint density at radius 3 is 2.51 bits per heavy atom. The minimum atomic E-state index is -2.70. The second kappa shape index (κ2) is 8.81. The highest BCUT2D eigenvalue weighted by Gasteiger charge is 2.45. The molecule has 3 aromatic rings. The fourth-order valence-corrected chi connectivity index (χ4v) is 4.87. The summed E-state index contributed by atoms with van der Waals surface area (Å²) >= 11 is 5.84. The van der Waals surface area contributed by atoms with Crippen molar-refractivity contribution in [2.75, 3.05) is 10.6 Å². The highest BCUT2D eigenvalue weighted by atomic mass is 35.5. The molecule has 0 atom stereocenters. The smallest absolute Gasteiger partial charge is 0.252 e. The van der Waals surface area contributed by atoms with Gasteiger partial charge >= 0.3 is 0 Å². The Hall–Kier alpha value is -3.15. The van der Waals surface area contributed by atoms with Crippen molar-refractivity contribution < 1.29 is 22.4 Å². The van der Waals surface area contributed by atoms with Gasteiger partial charge in [0.15, 0.2) is 11.5 Å². The molecule has 2 heterocycles. The molecule has 4 N–H and O–H groups in total. The third kappa shape index (κ3) is 4.58. The lowest BCUT2D eigenvalue weighted by molar-refractivity contribution is -0.122. The van der Waals surface area contributed by atoms with Gasteiger partial charge in [0.25, 0.3) is 5.92 Å². The number of imidazole rings is 1. The molecule has 1 amide bonds. The highest BCUT2D eigenvalue weighted by molar-refractivity contribution is 6.31. The SMILES string of the molecule is NC(=O)[C@H]1CC[C@H](n2c(Nc3c(F)ccc(Cl)c3F)nc3cnc(NC4CC(F)(F)C4)nc32)CC1. The van der Waals surface area contributed by atoms with Crippen molar-refractivity contribution in [1.29, 1.82) is 0 Å². The number of aromatic nitrogens is 4. The Morgan fingerprint density at radius 1 is 1.14 bits per heavy atom. The lowest BCUT2D eigenvalue weighted by Gasteiger charge is -2.35. The molecule has 13 heteroatoms. The quantitative estimate of drug-likeness (QED) is 0.320. The average molecular weight is 512 g/mol. The number of carbonyl (C=O) groups is 1. The van der Waals surface area contributed by atoms with Gasteiger partial charge in [-0.3, -0.25) is 9.36 Å². The number of benzene rings is 1. The van der Waals surface area contributed by atoms with E-state index in [2.05, 4.69) is 25.6 Å². The van der Waals surface area contributed by atoms with E-state index in [1.54, 1.807) is 4.57 Å². The summed E-state index contributed by atoms with van der Waals surface area (Å²) in [6.07, 6.45) is 2.96. The maximum atomic E-state index is 14.6. The second-order valence-electron chi connectivity index (χ2n) is 9.06. The third-order valence-electron chi connectivity index (χ3n) is 6.60. The number of fused-ring (bicyclic) bond motifs is 1. The van der Waals surface area contributed by atoms with Crippen molar-refractivity contribution >= 4 is 46.3 Å². The molecule has 0 unspecified atom stereocenters. The van der Waals surface area contributed by atoms with E-state index in [9.17, 15) is 22.4 Å². The molecule has 0 spiro atoms. The van der Waals surface area contributed by atoms with Crippen molar-refractivity contribution in [3.8, 4) is 0 Å². The number of hydrogen-bond acceptors (Lipinski definition) is 6. The molecule has 0 bridgehead atoms. The van der Waals surface area contributed by atoms with Crippen molar-refractivity contribution in [3.63, 3.8) is 0 Å². The van der Waals surface area contributed by atoms with Gasteiger partial charge in [-0.05, 0) is 37.8 Å². The number of nitrogens with two attached hydrogens (primary N) is 1. The molecular formula is C22H22ClF4N7O. The van der Waals surface area contributed by atoms with E-state index in [4.69, 9.17) is 17.3 Å². The first-order valence-electron chi connectivity index (χ1n) is 11.2. The Kier molecular flexibility index (Phi) is 5.94. The second-order valence-corrected chi connectivity index (χ2v) is 9.47. The Balaban J connectivity index is 1.52. The van der Waals surface area contributed by atoms with Gasteiger partial charge in [0.2, 0.25) is 17.8 Å². The summed E-state index contributed by atoms with van der Waals surface area (Å²) in [6, 6.07) is 1.48. The minimum Gasteiger partial charge on any atom is -0.369 e. The molecule has 2 fully saturated rings. The van der Waals surface area contributed by atoms with E-state index >= 15 is 0 Å². The summed E-state index contributed by atoms with van der Waals surface area (Å²) < 4.78 is 57.2. The number of hydrogen-bond donors (Lipinski definition) is 3. The van der Waals surface area contributed by atoms with E-state index in [1.165, 1.54) is 6.20 Å². The first-order valence-corrected chi connectivity index (χ1v) is 11.6. The molecule has 0 aliphatic heterocycles. The molecule has 2 saturated carbocycles. The molecule has 0 radical (unpaired) electrons. The Labute approximate surface area is 202 Å². The van der Waals surface area contributed by atoms with Crippen LogP contribution in [0.4, 0.5) is 35.1 Å². The van der Waals surface area contributed by atoms with Crippen LogP contribution in [-0.2, 0) is 4.79 Å². The Morgan fingerprint density at radius 2 is 1.86 bits per heavy atom. The fourth-order valence-electron chi connectivity index (χ4n) is 4.71. The minimum absolute atomic E-state index is 0.115. The number of anilines is 3. The van der Waals surface area contributed by atoms with Crippen LogP contribution in [0.5, 0.6) is 0 Å². The standard InChI is InChI=1S/C22H22ClF4N7O/c23-13-5-6-14(24)17(16(13)25)32-21-31-15-9-29-20(30-11-7-22(26,27)8-11)33-19(15)34(21)12-3-1-10(2-4-12)18(28)35/h5-6,9-12H,1-4,7-8H2,(H2,28,35)(H,31,32)(H,29,30,33)/t10-,12-. The summed E-state index contributed by atoms with van der Waals surface area (Å²) in [5.41, 5.74) is 5.69. The molecule has 35 heavy (non-hydrogen) atoms. The normalized spacial score (nSPS) is 22.1. The van der Waals surface area contributed by atoms with Crippen LogP contribution in [0, 0.1) is 17.6 Å². The van der Waals surface area contributed by atoms with Crippen LogP contribution in [0.1, 0.15) is 44.6 Å². The number of rotatable bonds is 6. The summed E-state index contributed by atoms with van der Waals surface area (Å²) in [5, 5.41) is 5.34. The number of primary amides is 1. The van der Waals surface area contributed by atoms with Crippen molar-refractivity contribution in [1.82, 2.24) is 19.5 Å². The van der Waals surface area contributed by atoms with E-state index < -0.39 is 29.3 Å². The van der Waals surface area contributed by atoms with Crippen LogP contribution in [0.2, 0.25) is 5.02 Å². The topological polar surface area (TPSA) is 111 Å². The summed E-state index contributed by atoms with van der Waals surface area (Å²) in [7, 11) is 0. The molecule has 5 rings (SSSR count). The van der Waals surface area contributed by atoms with Crippen LogP contribution in [0.3, 0.4) is 0 Å². The predicted molar refractivity (Wildman–Crippen MR) is 122 cm³/mol. The van der Waals surface area contributed by atoms with E-state index in [1.807, 2.05) is 0 Å². The zero-order valence-corrected chi connectivity index (χ0v) is 19.1. The van der Waals surface area contributed by atoms with Gasteiger partial charge in [0, 0.05) is 30.8 Å². The lowest BCUT2D eigenvalue weighted by atomic mass is 9.85. The van der Waals surface area contributed by atoms with Gasteiger partial charge in [-0.1, -0.05) is 11.6 Å². The highest BCUT2D eigenvalue weighted by Crippen LogP contribution is 2.40. The third-order valence-corrected chi connectivity index (χ3v) is 6.89. The number of nitrogens with zero attached hydrogens (tertiary/aromatic N) is 4. The molecular weight excluding hydrogens is 490 g/mol. The van der Waals surface area contributed by atoms with E-state index in [0.717, 1.165) is 12.1 Å². The van der Waals surface area contributed by atoms with Crippen LogP contribution in [0.25, 0.3) is 11.2 Å². The van der Waals surface area contributed by atoms with Gasteiger partial charge in [0.1, 0.15) is 17.0 Å². The van der Waals surface area contributed by atoms with E-state index in [-0.39, 0.29) is 47.6 Å². The average Bonchev–Trinajstić information content (AvgIpc) is 3.15. The molecule has 2 aliphatic carbocycles. The number of alkyl halides is 2. The van der Waals surface area contributed by atoms with E-state index in [0.29, 0.717) is 36.8 Å². The monoisotopic (exact) mass is 511 g/mol. The van der Waals surface area contributed by atoms with Gasteiger partial charge < -0.3 is 16.4 Å². The maximum absolute atomic E-state index is 14.6. The molecule has 2 aliphatic rings. The van der Waals surface area contributed by atoms with Crippen LogP contribution in [-0.4, -0.2) is 37.4 Å². The van der Waals surface area contributed by atoms with Gasteiger partial charge in [-0.25, -0.2) is 27.5 Å². The van der Waals surface area contributed by atoms with Crippen LogP contribution >= 0.6 is 11.6 Å². The molecule has 186 valence electrons. The molecule has 8 nitrogen and oxygen atoms in total. The maximum Gasteiger partial charge on any atom is 0.252 e. The zero-order chi connectivity index (χ0) is 24.9. The van der Waals surface area contributed by atoms with Crippen molar-refractivity contribution in [2.45, 2.75) is 56.5 Å². The number of amides is 1. The fraction of sp³-hybridized carbons (Fsp3) is 0.455. The van der Waals surface area contributed by atoms with Gasteiger partial charge in [0.05, 0.1) is 11.2 Å². The van der Waals surface area contributed by atoms with Crippen LogP contribution < -0.4 is 16.4 Å². The first kappa shape index (κ1) is 23.6. The summed E-state index contributed by atoms with van der Waals surface area (Å²) in [5.74, 6) is -4.89. The molecule has 2 aromatic heterocycles. The van der Waals surface area contributed by atoms with Crippen molar-refractivity contribution in [3.05, 3.63) is 35.0 Å². The largest absolute Gasteiger partial charge is 0.369 e. The summed E-state index contributed by atoms with van der Waals surface area (Å²) in [4.78, 5) is 24.7. The predicted octanol–water partition coefficient (Wildman–Crippen LogP) is 4.93. The molecule has 1 aromatic carbocycles. The number of nitrogens with one attached hydrogen (secondary N) is 2. The molecule has 0 saturated heterocycles. The van der Waals surface area contributed by atoms with Gasteiger partial charge in [-0.2, -0.15) is 4.98 Å². The Bertz CT molecular complexity index is 1280. The van der Waals surface area contributed by atoms with Crippen LogP contribution in [0.15, 0.2) is 18.3 Å². The lowest BCUT2D eigenvalue weighted by Crippen LogP contribution is -2.44. The number of carbonyl (C=O) groups excluding carboxylic acids is 1.